The third-order valence-electron chi connectivity index (χ3n) is 4.10. The van der Waals surface area contributed by atoms with Gasteiger partial charge in [-0.25, -0.2) is 4.79 Å². The molecule has 0 saturated carbocycles. The highest BCUT2D eigenvalue weighted by atomic mass is 16.6. The Morgan fingerprint density at radius 3 is 3.05 bits per heavy atom. The molecule has 0 aliphatic carbocycles. The molecule has 1 atom stereocenters. The predicted molar refractivity (Wildman–Crippen MR) is 84.7 cm³/mol. The van der Waals surface area contributed by atoms with Crippen LogP contribution in [0.15, 0.2) is 30.5 Å². The molecular weight excluding hydrogens is 264 g/mol. The van der Waals surface area contributed by atoms with Crippen molar-refractivity contribution >= 4 is 22.7 Å². The van der Waals surface area contributed by atoms with Crippen molar-refractivity contribution in [2.24, 2.45) is 0 Å². The van der Waals surface area contributed by atoms with Crippen molar-refractivity contribution in [3.05, 3.63) is 30.5 Å². The Bertz CT molecular complexity index is 620. The topological polar surface area (TPSA) is 45.3 Å². The Morgan fingerprint density at radius 1 is 1.29 bits per heavy atom. The fourth-order valence-corrected chi connectivity index (χ4v) is 2.89. The van der Waals surface area contributed by atoms with E-state index >= 15 is 0 Å². The molecule has 1 aromatic carbocycles. The summed E-state index contributed by atoms with van der Waals surface area (Å²) in [7, 11) is 0. The van der Waals surface area contributed by atoms with Gasteiger partial charge in [0.1, 0.15) is 6.10 Å². The van der Waals surface area contributed by atoms with Gasteiger partial charge in [-0.3, -0.25) is 4.90 Å². The molecular formula is C17H22N2O2. The maximum atomic E-state index is 12.0. The minimum Gasteiger partial charge on any atom is -0.444 e. The summed E-state index contributed by atoms with van der Waals surface area (Å²) in [4.78, 5) is 17.0. The van der Waals surface area contributed by atoms with Crippen LogP contribution in [0.5, 0.6) is 0 Å². The quantitative estimate of drug-likeness (QED) is 0.797. The Kier molecular flexibility index (Phi) is 4.13. The molecule has 2 heterocycles. The second-order valence-electron chi connectivity index (χ2n) is 5.71. The van der Waals surface area contributed by atoms with Crippen molar-refractivity contribution < 1.29 is 9.53 Å². The smallest absolute Gasteiger partial charge is 0.414 e. The van der Waals surface area contributed by atoms with Gasteiger partial charge in [0.2, 0.25) is 0 Å². The van der Waals surface area contributed by atoms with Gasteiger partial charge >= 0.3 is 6.09 Å². The Balaban J connectivity index is 1.64. The average molecular weight is 286 g/mol. The first-order valence-electron chi connectivity index (χ1n) is 7.83. The molecule has 4 nitrogen and oxygen atoms in total. The fourth-order valence-electron chi connectivity index (χ4n) is 2.89. The molecule has 1 saturated heterocycles. The number of nitrogens with one attached hydrogen (secondary N) is 1. The van der Waals surface area contributed by atoms with Crippen molar-refractivity contribution in [1.82, 2.24) is 4.98 Å². The van der Waals surface area contributed by atoms with Crippen LogP contribution < -0.4 is 4.90 Å². The van der Waals surface area contributed by atoms with Crippen molar-refractivity contribution in [2.75, 3.05) is 11.4 Å². The molecule has 1 fully saturated rings. The van der Waals surface area contributed by atoms with Crippen LogP contribution in [0.1, 0.15) is 39.0 Å². The largest absolute Gasteiger partial charge is 0.444 e. The van der Waals surface area contributed by atoms with E-state index in [9.17, 15) is 4.79 Å². The van der Waals surface area contributed by atoms with Crippen LogP contribution in [0.4, 0.5) is 10.5 Å². The summed E-state index contributed by atoms with van der Waals surface area (Å²) in [6.07, 6.45) is 7.54. The zero-order valence-electron chi connectivity index (χ0n) is 12.5. The molecule has 0 bridgehead atoms. The average Bonchev–Trinajstić information content (AvgIpc) is 3.09. The number of nitrogens with zero attached hydrogens (tertiary/aromatic N) is 1. The molecule has 2 aromatic rings. The van der Waals surface area contributed by atoms with Crippen molar-refractivity contribution in [1.29, 1.82) is 0 Å². The van der Waals surface area contributed by atoms with Crippen LogP contribution in [0.25, 0.3) is 10.9 Å². The monoisotopic (exact) mass is 286 g/mol. The fraction of sp³-hybridized carbons (Fsp3) is 0.471. The van der Waals surface area contributed by atoms with Crippen LogP contribution in [0.3, 0.4) is 0 Å². The number of carbonyl (C=O) groups is 1. The number of anilines is 1. The maximum absolute atomic E-state index is 12.0. The second-order valence-corrected chi connectivity index (χ2v) is 5.71. The van der Waals surface area contributed by atoms with Gasteiger partial charge in [0.05, 0.1) is 6.54 Å². The standard InChI is InChI=1S/C17H22N2O2/c1-2-3-4-5-6-15-12-19(17(20)21-15)14-7-8-16-13(11-14)9-10-18-16/h7-11,15,18H,2-6,12H2,1H3. The van der Waals surface area contributed by atoms with Gasteiger partial charge in [-0.15, -0.1) is 0 Å². The zero-order chi connectivity index (χ0) is 14.7. The molecule has 3 rings (SSSR count). The molecule has 1 amide bonds. The first kappa shape index (κ1) is 14.0. The number of amides is 1. The number of H-pyrrole nitrogens is 1. The predicted octanol–water partition coefficient (Wildman–Crippen LogP) is 4.46. The summed E-state index contributed by atoms with van der Waals surface area (Å²) in [5.74, 6) is 0. The van der Waals surface area contributed by atoms with Crippen molar-refractivity contribution in [2.45, 2.75) is 45.1 Å². The number of hydrogen-bond acceptors (Lipinski definition) is 2. The molecule has 1 N–H and O–H groups in total. The molecule has 1 unspecified atom stereocenters. The summed E-state index contributed by atoms with van der Waals surface area (Å²) >= 11 is 0. The number of carbonyl (C=O) groups excluding carboxylic acids is 1. The van der Waals surface area contributed by atoms with Gasteiger partial charge in [0, 0.05) is 22.8 Å². The third kappa shape index (κ3) is 3.04. The molecule has 1 aromatic heterocycles. The Labute approximate surface area is 125 Å². The van der Waals surface area contributed by atoms with Crippen LogP contribution in [0, 0.1) is 0 Å². The number of ether oxygens (including phenoxy) is 1. The number of fused-ring (bicyclic) bond motifs is 1. The molecule has 1 aliphatic heterocycles. The van der Waals surface area contributed by atoms with E-state index in [0.29, 0.717) is 6.54 Å². The molecule has 4 heteroatoms. The number of benzene rings is 1. The van der Waals surface area contributed by atoms with E-state index in [0.717, 1.165) is 29.4 Å². The number of aromatic amines is 1. The summed E-state index contributed by atoms with van der Waals surface area (Å²) in [6.45, 7) is 2.87. The van der Waals surface area contributed by atoms with E-state index < -0.39 is 0 Å². The SMILES string of the molecule is CCCCCCC1CN(c2ccc3[nH]ccc3c2)C(=O)O1. The highest BCUT2D eigenvalue weighted by Gasteiger charge is 2.31. The zero-order valence-corrected chi connectivity index (χ0v) is 12.5. The van der Waals surface area contributed by atoms with Gasteiger partial charge < -0.3 is 9.72 Å². The maximum Gasteiger partial charge on any atom is 0.414 e. The lowest BCUT2D eigenvalue weighted by Crippen LogP contribution is -2.24. The van der Waals surface area contributed by atoms with Gasteiger partial charge in [0.15, 0.2) is 0 Å². The van der Waals surface area contributed by atoms with Gasteiger partial charge in [-0.1, -0.05) is 26.2 Å². The van der Waals surface area contributed by atoms with E-state index in [2.05, 4.69) is 11.9 Å². The summed E-state index contributed by atoms with van der Waals surface area (Å²) in [5.41, 5.74) is 2.01. The van der Waals surface area contributed by atoms with Gasteiger partial charge in [-0.2, -0.15) is 0 Å². The number of rotatable bonds is 6. The molecule has 21 heavy (non-hydrogen) atoms. The first-order chi connectivity index (χ1) is 10.3. The van der Waals surface area contributed by atoms with Crippen LogP contribution in [-0.2, 0) is 4.74 Å². The Hall–Kier alpha value is -1.97. The van der Waals surface area contributed by atoms with Crippen LogP contribution in [-0.4, -0.2) is 23.7 Å². The van der Waals surface area contributed by atoms with E-state index in [1.54, 1.807) is 4.90 Å². The number of aromatic nitrogens is 1. The van der Waals surface area contributed by atoms with Crippen LogP contribution >= 0.6 is 0 Å². The Morgan fingerprint density at radius 2 is 2.19 bits per heavy atom. The minimum absolute atomic E-state index is 0.0382. The minimum atomic E-state index is -0.217. The van der Waals surface area contributed by atoms with Crippen molar-refractivity contribution in [3.63, 3.8) is 0 Å². The number of unbranched alkanes of at least 4 members (excludes halogenated alkanes) is 3. The second kappa shape index (κ2) is 6.20. The van der Waals surface area contributed by atoms with E-state index in [1.807, 2.05) is 30.5 Å². The molecule has 0 radical (unpaired) electrons. The number of cyclic esters (lactones) is 1. The third-order valence-corrected chi connectivity index (χ3v) is 4.10. The molecule has 112 valence electrons. The lowest BCUT2D eigenvalue weighted by atomic mass is 10.1. The summed E-state index contributed by atoms with van der Waals surface area (Å²) < 4.78 is 5.48. The van der Waals surface area contributed by atoms with Crippen LogP contribution in [0.2, 0.25) is 0 Å². The summed E-state index contributed by atoms with van der Waals surface area (Å²) in [6, 6.07) is 8.03. The van der Waals surface area contributed by atoms with Gasteiger partial charge in [0.25, 0.3) is 0 Å². The molecule has 1 aliphatic rings. The van der Waals surface area contributed by atoms with E-state index in [1.165, 1.54) is 19.3 Å². The summed E-state index contributed by atoms with van der Waals surface area (Å²) in [5, 5.41) is 1.12. The lowest BCUT2D eigenvalue weighted by molar-refractivity contribution is 0.135. The first-order valence-corrected chi connectivity index (χ1v) is 7.83. The van der Waals surface area contributed by atoms with E-state index in [4.69, 9.17) is 4.74 Å². The molecule has 0 spiro atoms. The van der Waals surface area contributed by atoms with E-state index in [-0.39, 0.29) is 12.2 Å². The highest BCUT2D eigenvalue weighted by molar-refractivity contribution is 5.93. The van der Waals surface area contributed by atoms with Crippen molar-refractivity contribution in [3.8, 4) is 0 Å². The number of hydrogen-bond donors (Lipinski definition) is 1. The lowest BCUT2D eigenvalue weighted by Gasteiger charge is -2.13. The highest BCUT2D eigenvalue weighted by Crippen LogP contribution is 2.27. The van der Waals surface area contributed by atoms with Gasteiger partial charge in [-0.05, 0) is 37.1 Å². The normalized spacial score (nSPS) is 18.4.